The van der Waals surface area contributed by atoms with Crippen LogP contribution < -0.4 is 0 Å². The standard InChI is InChI=1S/C18H22N2O4S3/c1-6-23-16(22)13(9(2)21)27-15-12-10-7-18(3,4)24-8-11(10)26-14(12)19-17(20-15)25-5/h13H,6-8H2,1-5H3/t13-/m0/s1. The molecule has 146 valence electrons. The van der Waals surface area contributed by atoms with Gasteiger partial charge in [0.05, 0.1) is 18.8 Å². The van der Waals surface area contributed by atoms with Gasteiger partial charge in [-0.1, -0.05) is 23.5 Å². The molecule has 0 aliphatic carbocycles. The van der Waals surface area contributed by atoms with E-state index in [1.165, 1.54) is 18.7 Å². The summed E-state index contributed by atoms with van der Waals surface area (Å²) in [5.74, 6) is -0.774. The minimum atomic E-state index is -0.929. The number of ether oxygens (including phenoxy) is 2. The van der Waals surface area contributed by atoms with Crippen LogP contribution in [0.2, 0.25) is 0 Å². The lowest BCUT2D eigenvalue weighted by molar-refractivity contribution is -0.144. The largest absolute Gasteiger partial charge is 0.465 e. The van der Waals surface area contributed by atoms with Crippen molar-refractivity contribution in [2.75, 3.05) is 12.9 Å². The van der Waals surface area contributed by atoms with Crippen LogP contribution in [0.3, 0.4) is 0 Å². The van der Waals surface area contributed by atoms with Crippen LogP contribution in [-0.2, 0) is 32.1 Å². The quantitative estimate of drug-likeness (QED) is 0.226. The predicted octanol–water partition coefficient (Wildman–Crippen LogP) is 3.88. The molecule has 1 aliphatic heterocycles. The molecule has 0 bridgehead atoms. The zero-order valence-corrected chi connectivity index (χ0v) is 18.4. The zero-order valence-electron chi connectivity index (χ0n) is 16.0. The zero-order chi connectivity index (χ0) is 19.8. The molecule has 3 heterocycles. The van der Waals surface area contributed by atoms with Crippen molar-refractivity contribution in [1.82, 2.24) is 9.97 Å². The van der Waals surface area contributed by atoms with Gasteiger partial charge in [0, 0.05) is 16.7 Å². The van der Waals surface area contributed by atoms with E-state index in [2.05, 4.69) is 23.8 Å². The molecule has 0 saturated carbocycles. The Balaban J connectivity index is 2.11. The Labute approximate surface area is 170 Å². The SMILES string of the molecule is CCOC(=O)[C@@H](Sc1nc(SC)nc2sc3c(c12)CC(C)(C)OC3)C(C)=O. The molecule has 0 unspecified atom stereocenters. The summed E-state index contributed by atoms with van der Waals surface area (Å²) in [6.45, 7) is 8.02. The highest BCUT2D eigenvalue weighted by molar-refractivity contribution is 8.01. The molecule has 0 spiro atoms. The molecule has 0 radical (unpaired) electrons. The molecule has 2 aromatic heterocycles. The molecule has 27 heavy (non-hydrogen) atoms. The van der Waals surface area contributed by atoms with E-state index in [1.54, 1.807) is 18.3 Å². The molecule has 6 nitrogen and oxygen atoms in total. The summed E-state index contributed by atoms with van der Waals surface area (Å²) < 4.78 is 11.0. The molecule has 0 N–H and O–H groups in total. The average molecular weight is 427 g/mol. The summed E-state index contributed by atoms with van der Waals surface area (Å²) in [6.07, 6.45) is 2.64. The van der Waals surface area contributed by atoms with Crippen molar-refractivity contribution in [2.45, 2.75) is 61.8 Å². The van der Waals surface area contributed by atoms with Gasteiger partial charge in [0.1, 0.15) is 9.86 Å². The lowest BCUT2D eigenvalue weighted by atomic mass is 9.95. The number of esters is 1. The number of aromatic nitrogens is 2. The van der Waals surface area contributed by atoms with Crippen molar-refractivity contribution in [1.29, 1.82) is 0 Å². The van der Waals surface area contributed by atoms with Gasteiger partial charge >= 0.3 is 5.97 Å². The van der Waals surface area contributed by atoms with Crippen LogP contribution in [-0.4, -0.2) is 45.4 Å². The van der Waals surface area contributed by atoms with E-state index in [-0.39, 0.29) is 18.0 Å². The topological polar surface area (TPSA) is 78.4 Å². The van der Waals surface area contributed by atoms with Crippen molar-refractivity contribution in [3.05, 3.63) is 10.4 Å². The van der Waals surface area contributed by atoms with Crippen molar-refractivity contribution in [3.63, 3.8) is 0 Å². The molecule has 0 aromatic carbocycles. The Hall–Kier alpha value is -1.16. The van der Waals surface area contributed by atoms with Crippen molar-refractivity contribution in [2.24, 2.45) is 0 Å². The smallest absolute Gasteiger partial charge is 0.327 e. The second-order valence-corrected chi connectivity index (χ2v) is 9.74. The van der Waals surface area contributed by atoms with Gasteiger partial charge in [-0.15, -0.1) is 11.3 Å². The number of ketones is 1. The van der Waals surface area contributed by atoms with Crippen LogP contribution in [0.5, 0.6) is 0 Å². The van der Waals surface area contributed by atoms with Crippen LogP contribution >= 0.6 is 34.9 Å². The summed E-state index contributed by atoms with van der Waals surface area (Å²) >= 11 is 4.19. The lowest BCUT2D eigenvalue weighted by Gasteiger charge is -2.30. The van der Waals surface area contributed by atoms with Gasteiger partial charge < -0.3 is 9.47 Å². The third-order valence-electron chi connectivity index (χ3n) is 4.16. The van der Waals surface area contributed by atoms with Crippen LogP contribution in [0.1, 0.15) is 38.1 Å². The molecule has 0 amide bonds. The van der Waals surface area contributed by atoms with Crippen LogP contribution in [0.25, 0.3) is 10.2 Å². The fraction of sp³-hybridized carbons (Fsp3) is 0.556. The Morgan fingerprint density at radius 3 is 2.74 bits per heavy atom. The Morgan fingerprint density at radius 1 is 1.37 bits per heavy atom. The summed E-state index contributed by atoms with van der Waals surface area (Å²) in [5.41, 5.74) is 0.884. The number of carbonyl (C=O) groups excluding carboxylic acids is 2. The number of carbonyl (C=O) groups is 2. The normalized spacial score (nSPS) is 16.8. The average Bonchev–Trinajstić information content (AvgIpc) is 2.95. The fourth-order valence-corrected chi connectivity index (χ4v) is 5.57. The first kappa shape index (κ1) is 20.6. The number of rotatable bonds is 6. The van der Waals surface area contributed by atoms with E-state index in [4.69, 9.17) is 9.47 Å². The number of thiophene rings is 1. The Morgan fingerprint density at radius 2 is 2.11 bits per heavy atom. The van der Waals surface area contributed by atoms with Crippen molar-refractivity contribution >= 4 is 56.8 Å². The first-order chi connectivity index (χ1) is 12.8. The number of hydrogen-bond acceptors (Lipinski definition) is 9. The van der Waals surface area contributed by atoms with E-state index >= 15 is 0 Å². The van der Waals surface area contributed by atoms with Gasteiger partial charge in [-0.25, -0.2) is 9.97 Å². The van der Waals surface area contributed by atoms with Gasteiger partial charge in [-0.05, 0) is 39.5 Å². The number of hydrogen-bond donors (Lipinski definition) is 0. The van der Waals surface area contributed by atoms with Crippen LogP contribution in [0.15, 0.2) is 10.2 Å². The minimum absolute atomic E-state index is 0.234. The van der Waals surface area contributed by atoms with Gasteiger partial charge in [-0.2, -0.15) is 0 Å². The third kappa shape index (κ3) is 4.31. The van der Waals surface area contributed by atoms with Crippen molar-refractivity contribution in [3.8, 4) is 0 Å². The van der Waals surface area contributed by atoms with Gasteiger partial charge in [0.2, 0.25) is 0 Å². The van der Waals surface area contributed by atoms with Gasteiger partial charge in [0.25, 0.3) is 0 Å². The van der Waals surface area contributed by atoms with E-state index in [1.807, 2.05) is 6.26 Å². The molecule has 1 atom stereocenters. The molecular weight excluding hydrogens is 404 g/mol. The van der Waals surface area contributed by atoms with Gasteiger partial charge in [-0.3, -0.25) is 9.59 Å². The highest BCUT2D eigenvalue weighted by Gasteiger charge is 2.33. The predicted molar refractivity (Wildman–Crippen MR) is 109 cm³/mol. The Bertz CT molecular complexity index is 894. The summed E-state index contributed by atoms with van der Waals surface area (Å²) in [7, 11) is 0. The highest BCUT2D eigenvalue weighted by Crippen LogP contribution is 2.43. The fourth-order valence-electron chi connectivity index (χ4n) is 2.90. The van der Waals surface area contributed by atoms with E-state index < -0.39 is 11.2 Å². The molecule has 0 fully saturated rings. The maximum absolute atomic E-state index is 12.3. The van der Waals surface area contributed by atoms with Gasteiger partial charge in [0.15, 0.2) is 16.2 Å². The summed E-state index contributed by atoms with van der Waals surface area (Å²) in [4.78, 5) is 35.7. The maximum atomic E-state index is 12.3. The molecule has 2 aromatic rings. The number of fused-ring (bicyclic) bond motifs is 3. The second kappa shape index (κ2) is 8.06. The minimum Gasteiger partial charge on any atom is -0.465 e. The molecule has 3 rings (SSSR count). The first-order valence-electron chi connectivity index (χ1n) is 8.59. The highest BCUT2D eigenvalue weighted by atomic mass is 32.2. The second-order valence-electron chi connectivity index (χ2n) is 6.79. The monoisotopic (exact) mass is 426 g/mol. The number of Topliss-reactive ketones (excluding diaryl/α,β-unsaturated/α-hetero) is 1. The van der Waals surface area contributed by atoms with Crippen LogP contribution in [0.4, 0.5) is 0 Å². The van der Waals surface area contributed by atoms with Crippen molar-refractivity contribution < 1.29 is 19.1 Å². The van der Waals surface area contributed by atoms with E-state index in [0.29, 0.717) is 16.8 Å². The summed E-state index contributed by atoms with van der Waals surface area (Å²) in [6, 6.07) is 0. The number of nitrogens with zero attached hydrogens (tertiary/aromatic N) is 2. The molecule has 1 aliphatic rings. The molecule has 0 saturated heterocycles. The van der Waals surface area contributed by atoms with Crippen LogP contribution in [0, 0.1) is 0 Å². The Kier molecular flexibility index (Phi) is 6.14. The molecule has 9 heteroatoms. The lowest BCUT2D eigenvalue weighted by Crippen LogP contribution is -2.31. The first-order valence-corrected chi connectivity index (χ1v) is 11.5. The van der Waals surface area contributed by atoms with E-state index in [9.17, 15) is 9.59 Å². The number of thioether (sulfide) groups is 2. The molecular formula is C18H22N2O4S3. The third-order valence-corrected chi connectivity index (χ3v) is 7.08. The maximum Gasteiger partial charge on any atom is 0.327 e. The van der Waals surface area contributed by atoms with E-state index in [0.717, 1.165) is 38.8 Å². The summed E-state index contributed by atoms with van der Waals surface area (Å²) in [5, 5.41) is 1.29.